The van der Waals surface area contributed by atoms with Gasteiger partial charge in [0.05, 0.1) is 6.54 Å². The molecule has 0 N–H and O–H groups in total. The van der Waals surface area contributed by atoms with Gasteiger partial charge in [-0.3, -0.25) is 0 Å². The number of alkyl halides is 3. The Morgan fingerprint density at radius 2 is 2.08 bits per heavy atom. The van der Waals surface area contributed by atoms with Crippen LogP contribution in [0.5, 0.6) is 5.75 Å². The summed E-state index contributed by atoms with van der Waals surface area (Å²) in [5.41, 5.74) is 0.829. The quantitative estimate of drug-likeness (QED) is 0.574. The molecule has 2 heterocycles. The summed E-state index contributed by atoms with van der Waals surface area (Å²) in [6.07, 6.45) is -4.35. The molecule has 0 aliphatic heterocycles. The number of tetrazole rings is 1. The van der Waals surface area contributed by atoms with Crippen LogP contribution in [0.2, 0.25) is 0 Å². The maximum Gasteiger partial charge on any atom is 0.422 e. The zero-order chi connectivity index (χ0) is 17.7. The minimum Gasteiger partial charge on any atom is -0.484 e. The molecule has 0 amide bonds. The van der Waals surface area contributed by atoms with Crippen molar-refractivity contribution < 1.29 is 17.9 Å². The Morgan fingerprint density at radius 1 is 1.20 bits per heavy atom. The van der Waals surface area contributed by atoms with Crippen LogP contribution in [0.25, 0.3) is 0 Å². The largest absolute Gasteiger partial charge is 0.484 e. The van der Waals surface area contributed by atoms with Crippen LogP contribution in [0.1, 0.15) is 10.4 Å². The molecule has 0 fully saturated rings. The maximum atomic E-state index is 12.2. The van der Waals surface area contributed by atoms with Crippen LogP contribution in [0.4, 0.5) is 13.2 Å². The van der Waals surface area contributed by atoms with E-state index >= 15 is 0 Å². The highest BCUT2D eigenvalue weighted by Crippen LogP contribution is 2.24. The molecule has 0 saturated carbocycles. The van der Waals surface area contributed by atoms with Gasteiger partial charge in [-0.1, -0.05) is 30.0 Å². The zero-order valence-electron chi connectivity index (χ0n) is 12.8. The molecule has 0 atom stereocenters. The van der Waals surface area contributed by atoms with Crippen molar-refractivity contribution in [1.82, 2.24) is 20.2 Å². The average molecular weight is 386 g/mol. The van der Waals surface area contributed by atoms with Gasteiger partial charge in [-0.25, -0.2) is 4.68 Å². The van der Waals surface area contributed by atoms with Crippen molar-refractivity contribution >= 4 is 23.1 Å². The summed E-state index contributed by atoms with van der Waals surface area (Å²) in [5.74, 6) is 0.710. The molecule has 0 unspecified atom stereocenters. The van der Waals surface area contributed by atoms with E-state index in [0.29, 0.717) is 17.5 Å². The average Bonchev–Trinajstić information content (AvgIpc) is 3.23. The number of hydrogen-bond donors (Lipinski definition) is 0. The number of nitrogens with zero attached hydrogens (tertiary/aromatic N) is 4. The summed E-state index contributed by atoms with van der Waals surface area (Å²) < 4.78 is 43.1. The SMILES string of the molecule is FC(F)(F)COc1cccc(CSc2nnnn2Cc2cccs2)c1. The zero-order valence-corrected chi connectivity index (χ0v) is 14.4. The molecule has 0 bridgehead atoms. The van der Waals surface area contributed by atoms with E-state index in [1.165, 1.54) is 17.8 Å². The van der Waals surface area contributed by atoms with Crippen LogP contribution in [-0.2, 0) is 12.3 Å². The van der Waals surface area contributed by atoms with Gasteiger partial charge < -0.3 is 4.74 Å². The summed E-state index contributed by atoms with van der Waals surface area (Å²) in [5, 5.41) is 14.3. The van der Waals surface area contributed by atoms with Crippen LogP contribution in [0, 0.1) is 0 Å². The molecule has 132 valence electrons. The molecule has 0 aliphatic rings. The van der Waals surface area contributed by atoms with Gasteiger partial charge in [-0.2, -0.15) is 13.2 Å². The summed E-state index contributed by atoms with van der Waals surface area (Å²) in [6.45, 7) is -0.718. The monoisotopic (exact) mass is 386 g/mol. The van der Waals surface area contributed by atoms with Crippen LogP contribution in [0.3, 0.4) is 0 Å². The topological polar surface area (TPSA) is 52.8 Å². The predicted octanol–water partition coefficient (Wildman–Crippen LogP) is 4.02. The molecular formula is C15H13F3N4OS2. The number of thioether (sulfide) groups is 1. The Labute approximate surface area is 149 Å². The van der Waals surface area contributed by atoms with Crippen molar-refractivity contribution in [3.05, 3.63) is 52.2 Å². The Bertz CT molecular complexity index is 805. The number of thiophene rings is 1. The number of ether oxygens (including phenoxy) is 1. The fraction of sp³-hybridized carbons (Fsp3) is 0.267. The molecule has 1 aromatic carbocycles. The van der Waals surface area contributed by atoms with Crippen molar-refractivity contribution in [2.45, 2.75) is 23.6 Å². The first-order valence-corrected chi connectivity index (χ1v) is 9.06. The highest BCUT2D eigenvalue weighted by Gasteiger charge is 2.28. The molecule has 0 spiro atoms. The first kappa shape index (κ1) is 17.7. The molecule has 2 aromatic heterocycles. The summed E-state index contributed by atoms with van der Waals surface area (Å²) in [4.78, 5) is 1.14. The smallest absolute Gasteiger partial charge is 0.422 e. The highest BCUT2D eigenvalue weighted by molar-refractivity contribution is 7.98. The van der Waals surface area contributed by atoms with E-state index in [2.05, 4.69) is 15.5 Å². The molecule has 0 radical (unpaired) electrons. The second kappa shape index (κ2) is 7.87. The predicted molar refractivity (Wildman–Crippen MR) is 88.8 cm³/mol. The van der Waals surface area contributed by atoms with E-state index < -0.39 is 12.8 Å². The van der Waals surface area contributed by atoms with Gasteiger partial charge in [0.15, 0.2) is 6.61 Å². The van der Waals surface area contributed by atoms with E-state index in [0.717, 1.165) is 10.4 Å². The van der Waals surface area contributed by atoms with Crippen molar-refractivity contribution in [2.75, 3.05) is 6.61 Å². The number of hydrogen-bond acceptors (Lipinski definition) is 6. The van der Waals surface area contributed by atoms with Crippen molar-refractivity contribution in [2.24, 2.45) is 0 Å². The fourth-order valence-electron chi connectivity index (χ4n) is 1.99. The number of halogens is 3. The van der Waals surface area contributed by atoms with Gasteiger partial charge in [0.25, 0.3) is 0 Å². The van der Waals surface area contributed by atoms with Gasteiger partial charge in [0.1, 0.15) is 5.75 Å². The third-order valence-electron chi connectivity index (χ3n) is 3.05. The van der Waals surface area contributed by atoms with Gasteiger partial charge in [-0.15, -0.1) is 16.4 Å². The van der Waals surface area contributed by atoms with Crippen LogP contribution in [-0.4, -0.2) is 33.0 Å². The summed E-state index contributed by atoms with van der Waals surface area (Å²) >= 11 is 3.03. The molecule has 5 nitrogen and oxygen atoms in total. The van der Waals surface area contributed by atoms with E-state index in [1.807, 2.05) is 23.6 Å². The van der Waals surface area contributed by atoms with E-state index in [4.69, 9.17) is 4.74 Å². The van der Waals surface area contributed by atoms with Gasteiger partial charge >= 0.3 is 6.18 Å². The lowest BCUT2D eigenvalue weighted by Crippen LogP contribution is -2.19. The lowest BCUT2D eigenvalue weighted by molar-refractivity contribution is -0.153. The molecule has 3 rings (SSSR count). The van der Waals surface area contributed by atoms with Crippen molar-refractivity contribution in [3.8, 4) is 5.75 Å². The first-order valence-electron chi connectivity index (χ1n) is 7.19. The lowest BCUT2D eigenvalue weighted by Gasteiger charge is -2.10. The Hall–Kier alpha value is -2.07. The molecule has 0 saturated heterocycles. The summed E-state index contributed by atoms with van der Waals surface area (Å²) in [6, 6.07) is 10.5. The first-order chi connectivity index (χ1) is 12.0. The van der Waals surface area contributed by atoms with E-state index in [-0.39, 0.29) is 5.75 Å². The Balaban J connectivity index is 1.60. The standard InChI is InChI=1S/C15H13F3N4OS2/c16-15(17,18)10-23-12-4-1-3-11(7-12)9-25-14-19-20-21-22(14)8-13-5-2-6-24-13/h1-7H,8-10H2. The lowest BCUT2D eigenvalue weighted by atomic mass is 10.2. The number of benzene rings is 1. The Kier molecular flexibility index (Phi) is 5.59. The highest BCUT2D eigenvalue weighted by atomic mass is 32.2. The molecule has 10 heteroatoms. The van der Waals surface area contributed by atoms with E-state index in [1.54, 1.807) is 28.2 Å². The molecule has 25 heavy (non-hydrogen) atoms. The van der Waals surface area contributed by atoms with Crippen molar-refractivity contribution in [1.29, 1.82) is 0 Å². The van der Waals surface area contributed by atoms with Gasteiger partial charge in [0.2, 0.25) is 5.16 Å². The minimum absolute atomic E-state index is 0.189. The molecular weight excluding hydrogens is 373 g/mol. The maximum absolute atomic E-state index is 12.2. The van der Waals surface area contributed by atoms with E-state index in [9.17, 15) is 13.2 Å². The Morgan fingerprint density at radius 3 is 2.84 bits per heavy atom. The third kappa shape index (κ3) is 5.46. The van der Waals surface area contributed by atoms with Crippen LogP contribution in [0.15, 0.2) is 46.9 Å². The summed E-state index contributed by atoms with van der Waals surface area (Å²) in [7, 11) is 0. The second-order valence-corrected chi connectivity index (χ2v) is 7.01. The third-order valence-corrected chi connectivity index (χ3v) is 4.94. The number of aromatic nitrogens is 4. The van der Waals surface area contributed by atoms with Crippen molar-refractivity contribution in [3.63, 3.8) is 0 Å². The number of rotatable bonds is 7. The minimum atomic E-state index is -4.35. The fourth-order valence-corrected chi connectivity index (χ4v) is 3.49. The van der Waals surface area contributed by atoms with Crippen LogP contribution < -0.4 is 4.74 Å². The normalized spacial score (nSPS) is 11.6. The second-order valence-electron chi connectivity index (χ2n) is 5.04. The molecule has 0 aliphatic carbocycles. The van der Waals surface area contributed by atoms with Crippen LogP contribution >= 0.6 is 23.1 Å². The van der Waals surface area contributed by atoms with Gasteiger partial charge in [-0.05, 0) is 39.6 Å². The van der Waals surface area contributed by atoms with Gasteiger partial charge in [0, 0.05) is 10.6 Å². The molecule has 3 aromatic rings.